The zero-order chi connectivity index (χ0) is 15.2. The number of hydrogen-bond donors (Lipinski definition) is 1. The van der Waals surface area contributed by atoms with Gasteiger partial charge in [0.1, 0.15) is 5.01 Å². The van der Waals surface area contributed by atoms with E-state index < -0.39 is 0 Å². The summed E-state index contributed by atoms with van der Waals surface area (Å²) in [5.41, 5.74) is 1.72. The van der Waals surface area contributed by atoms with E-state index in [1.165, 1.54) is 10.7 Å². The lowest BCUT2D eigenvalue weighted by Gasteiger charge is -2.49. The van der Waals surface area contributed by atoms with Crippen LogP contribution in [0.4, 0.5) is 0 Å². The lowest BCUT2D eigenvalue weighted by Crippen LogP contribution is -2.65. The smallest absolute Gasteiger partial charge is 0.107 e. The predicted molar refractivity (Wildman–Crippen MR) is 87.4 cm³/mol. The van der Waals surface area contributed by atoms with Gasteiger partial charge in [-0.05, 0) is 27.7 Å². The molecule has 1 aliphatic heterocycles. The molecule has 114 valence electrons. The summed E-state index contributed by atoms with van der Waals surface area (Å²) in [7, 11) is 0. The quantitative estimate of drug-likeness (QED) is 0.906. The van der Waals surface area contributed by atoms with E-state index in [-0.39, 0.29) is 16.5 Å². The van der Waals surface area contributed by atoms with Crippen molar-refractivity contribution in [3.8, 4) is 0 Å². The molecular formula is C16H29N3S. The standard InChI is InChI=1S/C16H29N3S/c1-14(2,3)12-9-20-13(18-12)8-19-11-15(4,5)17-10-16(19,6)7/h9,17H,8,10-11H2,1-7H3. The minimum atomic E-state index is 0.146. The van der Waals surface area contributed by atoms with Crippen molar-refractivity contribution in [3.63, 3.8) is 0 Å². The Morgan fingerprint density at radius 2 is 1.95 bits per heavy atom. The van der Waals surface area contributed by atoms with E-state index in [0.29, 0.717) is 0 Å². The van der Waals surface area contributed by atoms with Gasteiger partial charge >= 0.3 is 0 Å². The fraction of sp³-hybridized carbons (Fsp3) is 0.812. The molecule has 1 fully saturated rings. The first-order valence-corrected chi connectivity index (χ1v) is 8.33. The molecule has 1 aromatic rings. The summed E-state index contributed by atoms with van der Waals surface area (Å²) in [5.74, 6) is 0. The first-order valence-electron chi connectivity index (χ1n) is 7.45. The average Bonchev–Trinajstić information content (AvgIpc) is 2.72. The van der Waals surface area contributed by atoms with E-state index in [0.717, 1.165) is 19.6 Å². The number of hydrogen-bond acceptors (Lipinski definition) is 4. The van der Waals surface area contributed by atoms with Gasteiger partial charge in [-0.3, -0.25) is 4.90 Å². The van der Waals surface area contributed by atoms with Crippen molar-refractivity contribution >= 4 is 11.3 Å². The van der Waals surface area contributed by atoms with E-state index in [1.807, 2.05) is 0 Å². The lowest BCUT2D eigenvalue weighted by molar-refractivity contribution is 0.0323. The molecule has 3 nitrogen and oxygen atoms in total. The Morgan fingerprint density at radius 1 is 1.30 bits per heavy atom. The third kappa shape index (κ3) is 3.60. The Bertz CT molecular complexity index is 468. The summed E-state index contributed by atoms with van der Waals surface area (Å²) >= 11 is 1.80. The largest absolute Gasteiger partial charge is 0.309 e. The highest BCUT2D eigenvalue weighted by molar-refractivity contribution is 7.09. The topological polar surface area (TPSA) is 28.2 Å². The summed E-state index contributed by atoms with van der Waals surface area (Å²) < 4.78 is 0. The van der Waals surface area contributed by atoms with Crippen molar-refractivity contribution in [2.24, 2.45) is 0 Å². The Labute approximate surface area is 127 Å². The fourth-order valence-electron chi connectivity index (χ4n) is 2.48. The first-order chi connectivity index (χ1) is 9.00. The second kappa shape index (κ2) is 5.08. The third-order valence-electron chi connectivity index (χ3n) is 4.09. The molecule has 0 saturated carbocycles. The van der Waals surface area contributed by atoms with Crippen molar-refractivity contribution in [2.45, 2.75) is 71.5 Å². The molecule has 0 aromatic carbocycles. The van der Waals surface area contributed by atoms with E-state index in [9.17, 15) is 0 Å². The van der Waals surface area contributed by atoms with Crippen LogP contribution in [-0.2, 0) is 12.0 Å². The van der Waals surface area contributed by atoms with Crippen molar-refractivity contribution < 1.29 is 0 Å². The van der Waals surface area contributed by atoms with Gasteiger partial charge in [-0.25, -0.2) is 4.98 Å². The Morgan fingerprint density at radius 3 is 2.50 bits per heavy atom. The minimum absolute atomic E-state index is 0.146. The van der Waals surface area contributed by atoms with E-state index in [2.05, 4.69) is 64.1 Å². The molecule has 0 aliphatic carbocycles. The Balaban J connectivity index is 2.13. The maximum Gasteiger partial charge on any atom is 0.107 e. The second-order valence-corrected chi connectivity index (χ2v) is 9.23. The van der Waals surface area contributed by atoms with Crippen LogP contribution in [0.3, 0.4) is 0 Å². The van der Waals surface area contributed by atoms with Gasteiger partial charge in [0.2, 0.25) is 0 Å². The normalized spacial score (nSPS) is 22.9. The average molecular weight is 295 g/mol. The van der Waals surface area contributed by atoms with Crippen molar-refractivity contribution in [1.82, 2.24) is 15.2 Å². The third-order valence-corrected chi connectivity index (χ3v) is 4.92. The first kappa shape index (κ1) is 15.9. The van der Waals surface area contributed by atoms with Crippen LogP contribution < -0.4 is 5.32 Å². The SMILES string of the molecule is CC1(C)CN(Cc2nc(C(C)(C)C)cs2)C(C)(C)CN1. The lowest BCUT2D eigenvalue weighted by atomic mass is 9.91. The minimum Gasteiger partial charge on any atom is -0.309 e. The fourth-order valence-corrected chi connectivity index (χ4v) is 3.51. The monoisotopic (exact) mass is 295 g/mol. The summed E-state index contributed by atoms with van der Waals surface area (Å²) in [6.07, 6.45) is 0. The van der Waals surface area contributed by atoms with E-state index >= 15 is 0 Å². The molecule has 0 bridgehead atoms. The number of nitrogens with one attached hydrogen (secondary N) is 1. The molecule has 1 aliphatic rings. The van der Waals surface area contributed by atoms with Crippen molar-refractivity contribution in [3.05, 3.63) is 16.1 Å². The van der Waals surface area contributed by atoms with Crippen LogP contribution in [0.5, 0.6) is 0 Å². The van der Waals surface area contributed by atoms with Gasteiger partial charge in [0.25, 0.3) is 0 Å². The van der Waals surface area contributed by atoms with Crippen LogP contribution in [0.2, 0.25) is 0 Å². The molecule has 0 unspecified atom stereocenters. The van der Waals surface area contributed by atoms with E-state index in [1.54, 1.807) is 11.3 Å². The molecule has 0 atom stereocenters. The molecule has 2 heterocycles. The van der Waals surface area contributed by atoms with Gasteiger partial charge in [0, 0.05) is 35.0 Å². The molecular weight excluding hydrogens is 266 g/mol. The van der Waals surface area contributed by atoms with Gasteiger partial charge < -0.3 is 5.32 Å². The molecule has 1 N–H and O–H groups in total. The number of rotatable bonds is 2. The zero-order valence-corrected chi connectivity index (χ0v) is 14.8. The van der Waals surface area contributed by atoms with Crippen LogP contribution in [0.15, 0.2) is 5.38 Å². The zero-order valence-electron chi connectivity index (χ0n) is 14.0. The maximum absolute atomic E-state index is 4.85. The summed E-state index contributed by atoms with van der Waals surface area (Å²) in [6.45, 7) is 18.9. The van der Waals surface area contributed by atoms with Crippen LogP contribution in [0.25, 0.3) is 0 Å². The van der Waals surface area contributed by atoms with Crippen LogP contribution in [-0.4, -0.2) is 34.1 Å². The molecule has 0 amide bonds. The van der Waals surface area contributed by atoms with Crippen molar-refractivity contribution in [2.75, 3.05) is 13.1 Å². The van der Waals surface area contributed by atoms with Gasteiger partial charge in [-0.1, -0.05) is 20.8 Å². The summed E-state index contributed by atoms with van der Waals surface area (Å²) in [4.78, 5) is 7.41. The molecule has 0 radical (unpaired) electrons. The van der Waals surface area contributed by atoms with Crippen LogP contribution in [0.1, 0.15) is 59.2 Å². The number of thiazole rings is 1. The molecule has 4 heteroatoms. The van der Waals surface area contributed by atoms with Crippen LogP contribution in [0, 0.1) is 0 Å². The van der Waals surface area contributed by atoms with Crippen LogP contribution >= 0.6 is 11.3 Å². The van der Waals surface area contributed by atoms with Gasteiger partial charge in [-0.2, -0.15) is 0 Å². The second-order valence-electron chi connectivity index (χ2n) is 8.28. The summed E-state index contributed by atoms with van der Waals surface area (Å²) in [6, 6.07) is 0. The van der Waals surface area contributed by atoms with Crippen molar-refractivity contribution in [1.29, 1.82) is 0 Å². The molecule has 1 saturated heterocycles. The molecule has 1 aromatic heterocycles. The van der Waals surface area contributed by atoms with Gasteiger partial charge in [0.05, 0.1) is 12.2 Å². The number of aromatic nitrogens is 1. The summed E-state index contributed by atoms with van der Waals surface area (Å²) in [5, 5.41) is 7.09. The van der Waals surface area contributed by atoms with Gasteiger partial charge in [0.15, 0.2) is 0 Å². The highest BCUT2D eigenvalue weighted by Gasteiger charge is 2.37. The van der Waals surface area contributed by atoms with E-state index in [4.69, 9.17) is 4.98 Å². The molecule has 0 spiro atoms. The Kier molecular flexibility index (Phi) is 4.04. The van der Waals surface area contributed by atoms with Gasteiger partial charge in [-0.15, -0.1) is 11.3 Å². The molecule has 20 heavy (non-hydrogen) atoms. The maximum atomic E-state index is 4.85. The molecule has 2 rings (SSSR count). The highest BCUT2D eigenvalue weighted by Crippen LogP contribution is 2.28. The number of nitrogens with zero attached hydrogens (tertiary/aromatic N) is 2. The Hall–Kier alpha value is -0.450. The highest BCUT2D eigenvalue weighted by atomic mass is 32.1. The predicted octanol–water partition coefficient (Wildman–Crippen LogP) is 3.40. The number of piperazine rings is 1.